The number of nitrogens with two attached hydrogens (primary N) is 1. The number of nitrogen functional groups attached to an aromatic ring is 1. The quantitative estimate of drug-likeness (QED) is 0.267. The molecule has 10 heteroatoms. The molecule has 0 atom stereocenters. The molecule has 9 nitrogen and oxygen atoms in total. The summed E-state index contributed by atoms with van der Waals surface area (Å²) in [5.41, 5.74) is 8.71. The molecule has 1 aromatic heterocycles. The van der Waals surface area contributed by atoms with E-state index in [1.807, 2.05) is 48.5 Å². The van der Waals surface area contributed by atoms with E-state index in [1.165, 1.54) is 17.6 Å². The van der Waals surface area contributed by atoms with Crippen molar-refractivity contribution in [1.29, 1.82) is 0 Å². The number of hydrogen-bond acceptors (Lipinski definition) is 9. The highest BCUT2D eigenvalue weighted by Gasteiger charge is 2.07. The van der Waals surface area contributed by atoms with Crippen LogP contribution in [0.15, 0.2) is 53.6 Å². The average molecular weight is 442 g/mol. The molecule has 0 unspecified atom stereocenters. The van der Waals surface area contributed by atoms with E-state index >= 15 is 0 Å². The van der Waals surface area contributed by atoms with Gasteiger partial charge in [0, 0.05) is 18.1 Å². The number of anilines is 1. The van der Waals surface area contributed by atoms with E-state index in [0.717, 1.165) is 17.1 Å². The number of nitrogens with zero attached hydrogens (tertiary/aromatic N) is 3. The lowest BCUT2D eigenvalue weighted by molar-refractivity contribution is -0.120. The second-order valence-electron chi connectivity index (χ2n) is 6.27. The summed E-state index contributed by atoms with van der Waals surface area (Å²) >= 11 is 1.17. The molecule has 31 heavy (non-hydrogen) atoms. The molecule has 1 heterocycles. The standard InChI is InChI=1S/C21H23N5O4S/c1-28-16-7-4-8-17(12-16)29-10-5-11-30-18-9-3-2-6-15(18)14-23-24-19(27)13-20-25-26-21(22)31-20/h2-4,6-9,12,14H,5,10-11,13H2,1H3,(H2,22,26)(H,24,27)/b23-14-. The Labute approximate surface area is 183 Å². The molecule has 0 fully saturated rings. The number of hydrogen-bond donors (Lipinski definition) is 2. The van der Waals surface area contributed by atoms with Gasteiger partial charge in [-0.2, -0.15) is 5.10 Å². The highest BCUT2D eigenvalue weighted by atomic mass is 32.1. The maximum absolute atomic E-state index is 11.9. The topological polar surface area (TPSA) is 121 Å². The van der Waals surface area contributed by atoms with Crippen molar-refractivity contribution in [2.24, 2.45) is 5.10 Å². The van der Waals surface area contributed by atoms with Gasteiger partial charge in [0.25, 0.3) is 0 Å². The molecule has 0 spiro atoms. The van der Waals surface area contributed by atoms with Crippen molar-refractivity contribution in [3.8, 4) is 17.2 Å². The van der Waals surface area contributed by atoms with Crippen LogP contribution in [0.25, 0.3) is 0 Å². The lowest BCUT2D eigenvalue weighted by Crippen LogP contribution is -2.19. The molecule has 3 aromatic rings. The first kappa shape index (κ1) is 22.0. The molecule has 3 N–H and O–H groups in total. The van der Waals surface area contributed by atoms with Crippen LogP contribution in [-0.4, -0.2) is 42.6 Å². The van der Waals surface area contributed by atoms with Gasteiger partial charge in [-0.05, 0) is 24.3 Å². The molecule has 2 aromatic carbocycles. The van der Waals surface area contributed by atoms with Crippen LogP contribution in [0.4, 0.5) is 5.13 Å². The zero-order valence-electron chi connectivity index (χ0n) is 17.0. The summed E-state index contributed by atoms with van der Waals surface area (Å²) in [6.45, 7) is 0.981. The predicted octanol–water partition coefficient (Wildman–Crippen LogP) is 2.67. The fourth-order valence-electron chi connectivity index (χ4n) is 2.53. The zero-order chi connectivity index (χ0) is 21.9. The monoisotopic (exact) mass is 441 g/mol. The van der Waals surface area contributed by atoms with Crippen LogP contribution in [0.5, 0.6) is 17.2 Å². The number of ether oxygens (including phenoxy) is 3. The Kier molecular flexibility index (Phi) is 8.18. The molecule has 0 aliphatic heterocycles. The van der Waals surface area contributed by atoms with E-state index < -0.39 is 0 Å². The van der Waals surface area contributed by atoms with E-state index in [2.05, 4.69) is 20.7 Å². The highest BCUT2D eigenvalue weighted by molar-refractivity contribution is 7.15. The number of amides is 1. The third kappa shape index (κ3) is 7.27. The van der Waals surface area contributed by atoms with Crippen LogP contribution in [0, 0.1) is 0 Å². The third-order valence-corrected chi connectivity index (χ3v) is 4.71. The van der Waals surface area contributed by atoms with Crippen LogP contribution in [-0.2, 0) is 11.2 Å². The van der Waals surface area contributed by atoms with Gasteiger partial charge in [-0.25, -0.2) is 5.43 Å². The van der Waals surface area contributed by atoms with Gasteiger partial charge in [0.15, 0.2) is 0 Å². The number of carbonyl (C=O) groups excluding carboxylic acids is 1. The molecule has 0 aliphatic carbocycles. The minimum Gasteiger partial charge on any atom is -0.497 e. The molecule has 0 radical (unpaired) electrons. The van der Waals surface area contributed by atoms with Gasteiger partial charge < -0.3 is 19.9 Å². The Morgan fingerprint density at radius 3 is 2.74 bits per heavy atom. The number of hydrazone groups is 1. The Hall–Kier alpha value is -3.66. The van der Waals surface area contributed by atoms with Gasteiger partial charge in [-0.1, -0.05) is 29.5 Å². The number of methoxy groups -OCH3 is 1. The molecule has 0 bridgehead atoms. The Balaban J connectivity index is 1.43. The van der Waals surface area contributed by atoms with Crippen molar-refractivity contribution in [2.45, 2.75) is 12.8 Å². The van der Waals surface area contributed by atoms with Crippen LogP contribution < -0.4 is 25.4 Å². The highest BCUT2D eigenvalue weighted by Crippen LogP contribution is 2.19. The average Bonchev–Trinajstić information content (AvgIpc) is 3.19. The molecular weight excluding hydrogens is 418 g/mol. The van der Waals surface area contributed by atoms with Crippen molar-refractivity contribution in [1.82, 2.24) is 15.6 Å². The first-order valence-electron chi connectivity index (χ1n) is 9.52. The first-order chi connectivity index (χ1) is 15.1. The molecule has 162 valence electrons. The molecule has 1 amide bonds. The van der Waals surface area contributed by atoms with E-state index in [0.29, 0.717) is 35.5 Å². The molecule has 0 aliphatic rings. The maximum Gasteiger partial charge on any atom is 0.247 e. The van der Waals surface area contributed by atoms with Crippen molar-refractivity contribution in [3.63, 3.8) is 0 Å². The summed E-state index contributed by atoms with van der Waals surface area (Å²) in [5, 5.41) is 12.3. The van der Waals surface area contributed by atoms with Crippen molar-refractivity contribution >= 4 is 28.6 Å². The lowest BCUT2D eigenvalue weighted by atomic mass is 10.2. The number of nitrogens with one attached hydrogen (secondary N) is 1. The SMILES string of the molecule is COc1cccc(OCCCOc2ccccc2/C=N\NC(=O)Cc2nnc(N)s2)c1. The number of aromatic nitrogens is 2. The van der Waals surface area contributed by atoms with E-state index in [1.54, 1.807) is 7.11 Å². The Morgan fingerprint density at radius 2 is 1.94 bits per heavy atom. The number of benzene rings is 2. The summed E-state index contributed by atoms with van der Waals surface area (Å²) in [4.78, 5) is 11.9. The Morgan fingerprint density at radius 1 is 1.13 bits per heavy atom. The summed E-state index contributed by atoms with van der Waals surface area (Å²) in [6.07, 6.45) is 2.30. The predicted molar refractivity (Wildman–Crippen MR) is 119 cm³/mol. The Bertz CT molecular complexity index is 1020. The third-order valence-electron chi connectivity index (χ3n) is 3.96. The summed E-state index contributed by atoms with van der Waals surface area (Å²) < 4.78 is 16.7. The van der Waals surface area contributed by atoms with Gasteiger partial charge in [-0.3, -0.25) is 4.79 Å². The van der Waals surface area contributed by atoms with Gasteiger partial charge >= 0.3 is 0 Å². The minimum absolute atomic E-state index is 0.0671. The number of rotatable bonds is 11. The van der Waals surface area contributed by atoms with Crippen LogP contribution in [0.2, 0.25) is 0 Å². The van der Waals surface area contributed by atoms with Gasteiger partial charge in [0.1, 0.15) is 22.3 Å². The van der Waals surface area contributed by atoms with Crippen molar-refractivity contribution in [2.75, 3.05) is 26.1 Å². The summed E-state index contributed by atoms with van der Waals surface area (Å²) in [6, 6.07) is 14.9. The zero-order valence-corrected chi connectivity index (χ0v) is 17.8. The second-order valence-corrected chi connectivity index (χ2v) is 7.36. The molecule has 0 saturated carbocycles. The minimum atomic E-state index is -0.305. The van der Waals surface area contributed by atoms with Crippen LogP contribution in [0.3, 0.4) is 0 Å². The first-order valence-corrected chi connectivity index (χ1v) is 10.3. The van der Waals surface area contributed by atoms with Crippen molar-refractivity contribution in [3.05, 3.63) is 59.1 Å². The van der Waals surface area contributed by atoms with E-state index in [9.17, 15) is 4.79 Å². The largest absolute Gasteiger partial charge is 0.497 e. The van der Waals surface area contributed by atoms with E-state index in [4.69, 9.17) is 19.9 Å². The van der Waals surface area contributed by atoms with E-state index in [-0.39, 0.29) is 12.3 Å². The normalized spacial score (nSPS) is 10.7. The van der Waals surface area contributed by atoms with Gasteiger partial charge in [0.05, 0.1) is 33.0 Å². The molecule has 0 saturated heterocycles. The molecule has 3 rings (SSSR count). The van der Waals surface area contributed by atoms with Crippen molar-refractivity contribution < 1.29 is 19.0 Å². The van der Waals surface area contributed by atoms with Crippen LogP contribution in [0.1, 0.15) is 17.0 Å². The van der Waals surface area contributed by atoms with Gasteiger partial charge in [-0.15, -0.1) is 10.2 Å². The maximum atomic E-state index is 11.9. The fourth-order valence-corrected chi connectivity index (χ4v) is 3.14. The fraction of sp³-hybridized carbons (Fsp3) is 0.238. The smallest absolute Gasteiger partial charge is 0.247 e. The summed E-state index contributed by atoms with van der Waals surface area (Å²) in [5.74, 6) is 1.86. The number of carbonyl (C=O) groups is 1. The second kappa shape index (κ2) is 11.5. The van der Waals surface area contributed by atoms with Crippen LogP contribution >= 0.6 is 11.3 Å². The van der Waals surface area contributed by atoms with Gasteiger partial charge in [0.2, 0.25) is 11.0 Å². The summed E-state index contributed by atoms with van der Waals surface area (Å²) in [7, 11) is 1.62. The number of para-hydroxylation sites is 1. The molecular formula is C21H23N5O4S. The lowest BCUT2D eigenvalue weighted by Gasteiger charge is -2.10.